The molecule has 0 N–H and O–H groups in total. The van der Waals surface area contributed by atoms with Crippen LogP contribution < -0.4 is 0 Å². The van der Waals surface area contributed by atoms with Crippen LogP contribution in [-0.4, -0.2) is 42.1 Å². The van der Waals surface area contributed by atoms with Crippen molar-refractivity contribution in [3.63, 3.8) is 0 Å². The van der Waals surface area contributed by atoms with E-state index in [1.165, 1.54) is 0 Å². The van der Waals surface area contributed by atoms with Crippen LogP contribution in [0.4, 0.5) is 0 Å². The minimum Gasteiger partial charge on any atom is -0.459 e. The van der Waals surface area contributed by atoms with Crippen LogP contribution in [0.3, 0.4) is 0 Å². The molecule has 2 aromatic carbocycles. The van der Waals surface area contributed by atoms with Gasteiger partial charge in [0.15, 0.2) is 5.79 Å². The molecule has 36 heavy (non-hydrogen) atoms. The number of ether oxygens (including phenoxy) is 4. The number of carbonyl (C=O) groups is 2. The maximum Gasteiger partial charge on any atom is 0.338 e. The predicted molar refractivity (Wildman–Crippen MR) is 137 cm³/mol. The van der Waals surface area contributed by atoms with E-state index in [9.17, 15) is 9.59 Å². The molecule has 2 aromatic rings. The largest absolute Gasteiger partial charge is 0.459 e. The van der Waals surface area contributed by atoms with Crippen LogP contribution in [0.15, 0.2) is 54.6 Å². The molecule has 192 valence electrons. The summed E-state index contributed by atoms with van der Waals surface area (Å²) in [5, 5.41) is 0. The highest BCUT2D eigenvalue weighted by Gasteiger charge is 2.45. The second-order valence-electron chi connectivity index (χ2n) is 10.3. The lowest BCUT2D eigenvalue weighted by molar-refractivity contribution is -0.153. The van der Waals surface area contributed by atoms with Crippen molar-refractivity contribution in [3.05, 3.63) is 82.4 Å². The zero-order chi connectivity index (χ0) is 25.9. The molecule has 2 aliphatic rings. The Morgan fingerprint density at radius 1 is 1.08 bits per heavy atom. The van der Waals surface area contributed by atoms with Gasteiger partial charge in [0, 0.05) is 6.42 Å². The van der Waals surface area contributed by atoms with Crippen LogP contribution in [0.5, 0.6) is 0 Å². The van der Waals surface area contributed by atoms with Crippen LogP contribution >= 0.6 is 0 Å². The SMILES string of the molecule is Cc1cc(C)c2c(c1)CCC[C@@H]1OC(C)(C)O[C@@H]1C(OC(=O)c1ccccc1)/C=C\C[C@H](C)OC2=O. The molecule has 0 spiro atoms. The highest BCUT2D eigenvalue weighted by Crippen LogP contribution is 2.35. The molecule has 1 unspecified atom stereocenters. The van der Waals surface area contributed by atoms with Gasteiger partial charge in [-0.2, -0.15) is 0 Å². The number of aryl methyl sites for hydroxylation is 3. The number of hydrogen-bond acceptors (Lipinski definition) is 6. The van der Waals surface area contributed by atoms with Gasteiger partial charge in [0.25, 0.3) is 0 Å². The predicted octanol–water partition coefficient (Wildman–Crippen LogP) is 5.88. The Morgan fingerprint density at radius 3 is 2.58 bits per heavy atom. The summed E-state index contributed by atoms with van der Waals surface area (Å²) in [6.07, 6.45) is 4.68. The number of carbonyl (C=O) groups excluding carboxylic acids is 2. The van der Waals surface area contributed by atoms with Crippen molar-refractivity contribution in [2.45, 2.75) is 90.5 Å². The maximum atomic E-state index is 13.1. The fourth-order valence-corrected chi connectivity index (χ4v) is 5.08. The first-order chi connectivity index (χ1) is 17.1. The van der Waals surface area contributed by atoms with Crippen molar-refractivity contribution in [2.24, 2.45) is 0 Å². The molecule has 0 aromatic heterocycles. The molecule has 1 saturated heterocycles. The van der Waals surface area contributed by atoms with Crippen LogP contribution in [0.1, 0.15) is 77.4 Å². The molecule has 4 atom stereocenters. The average molecular weight is 493 g/mol. The van der Waals surface area contributed by atoms with Crippen LogP contribution in [0.25, 0.3) is 0 Å². The Bertz CT molecular complexity index is 1120. The van der Waals surface area contributed by atoms with Gasteiger partial charge in [0.05, 0.1) is 17.2 Å². The number of cyclic esters (lactones) is 1. The summed E-state index contributed by atoms with van der Waals surface area (Å²) >= 11 is 0. The Balaban J connectivity index is 1.64. The third kappa shape index (κ3) is 6.23. The van der Waals surface area contributed by atoms with Crippen molar-refractivity contribution < 1.29 is 28.5 Å². The number of benzene rings is 2. The smallest absolute Gasteiger partial charge is 0.338 e. The molecule has 6 nitrogen and oxygen atoms in total. The summed E-state index contributed by atoms with van der Waals surface area (Å²) in [6.45, 7) is 9.62. The summed E-state index contributed by atoms with van der Waals surface area (Å²) in [4.78, 5) is 26.0. The lowest BCUT2D eigenvalue weighted by Gasteiger charge is -2.25. The third-order valence-corrected chi connectivity index (χ3v) is 6.60. The zero-order valence-electron chi connectivity index (χ0n) is 21.8. The molecular formula is C30H36O6. The van der Waals surface area contributed by atoms with Crippen molar-refractivity contribution in [2.75, 3.05) is 0 Å². The Labute approximate surface area is 213 Å². The molecule has 4 rings (SSSR count). The first-order valence-corrected chi connectivity index (χ1v) is 12.7. The first kappa shape index (κ1) is 26.1. The Morgan fingerprint density at radius 2 is 1.83 bits per heavy atom. The minimum absolute atomic E-state index is 0.264. The van der Waals surface area contributed by atoms with Gasteiger partial charge in [0.2, 0.25) is 0 Å². The molecule has 6 heteroatoms. The van der Waals surface area contributed by atoms with Gasteiger partial charge in [-0.1, -0.05) is 42.0 Å². The van der Waals surface area contributed by atoms with Crippen LogP contribution in [-0.2, 0) is 25.4 Å². The summed E-state index contributed by atoms with van der Waals surface area (Å²) in [7, 11) is 0. The number of fused-ring (bicyclic) bond motifs is 2. The third-order valence-electron chi connectivity index (χ3n) is 6.60. The van der Waals surface area contributed by atoms with E-state index in [2.05, 4.69) is 6.07 Å². The lowest BCUT2D eigenvalue weighted by atomic mass is 9.93. The molecule has 0 radical (unpaired) electrons. The lowest BCUT2D eigenvalue weighted by Crippen LogP contribution is -2.38. The molecule has 0 saturated carbocycles. The molecule has 0 bridgehead atoms. The fraction of sp³-hybridized carbons (Fsp3) is 0.467. The molecule has 1 fully saturated rings. The topological polar surface area (TPSA) is 71.1 Å². The highest BCUT2D eigenvalue weighted by atomic mass is 16.8. The van der Waals surface area contributed by atoms with Gasteiger partial charge >= 0.3 is 11.9 Å². The van der Waals surface area contributed by atoms with Gasteiger partial charge in [-0.15, -0.1) is 0 Å². The highest BCUT2D eigenvalue weighted by molar-refractivity contribution is 5.93. The Hall–Kier alpha value is -2.96. The standard InChI is InChI=1S/C30H36O6/c1-19-17-20(2)26-23(18-19)14-10-16-25-27(36-30(4,5)35-25)24(15-9-11-21(3)33-29(26)32)34-28(31)22-12-7-6-8-13-22/h6-9,12-13,15,17-18,21,24-25,27H,10-11,14,16H2,1-5H3/b15-9-/t21-,24?,25-,27+/m0/s1. The van der Waals surface area contributed by atoms with Crippen LogP contribution in [0.2, 0.25) is 0 Å². The second-order valence-corrected chi connectivity index (χ2v) is 10.3. The van der Waals surface area contributed by atoms with Crippen molar-refractivity contribution in [3.8, 4) is 0 Å². The van der Waals surface area contributed by atoms with Crippen molar-refractivity contribution in [1.82, 2.24) is 0 Å². The molecule has 0 aliphatic carbocycles. The molecule has 2 heterocycles. The van der Waals surface area contributed by atoms with E-state index in [1.54, 1.807) is 24.3 Å². The van der Waals surface area contributed by atoms with Gasteiger partial charge in [0.1, 0.15) is 18.3 Å². The van der Waals surface area contributed by atoms with Crippen molar-refractivity contribution in [1.29, 1.82) is 0 Å². The summed E-state index contributed by atoms with van der Waals surface area (Å²) in [6, 6.07) is 13.0. The first-order valence-electron chi connectivity index (χ1n) is 12.7. The maximum absolute atomic E-state index is 13.1. The summed E-state index contributed by atoms with van der Waals surface area (Å²) in [5.41, 5.74) is 4.16. The van der Waals surface area contributed by atoms with E-state index in [4.69, 9.17) is 18.9 Å². The van der Waals surface area contributed by atoms with Gasteiger partial charge in [-0.25, -0.2) is 9.59 Å². The monoisotopic (exact) mass is 492 g/mol. The quantitative estimate of drug-likeness (QED) is 0.385. The number of esters is 2. The summed E-state index contributed by atoms with van der Waals surface area (Å²) < 4.78 is 24.3. The molecule has 2 aliphatic heterocycles. The normalized spacial score (nSPS) is 27.2. The van der Waals surface area contributed by atoms with E-state index in [1.807, 2.05) is 58.9 Å². The fourth-order valence-electron chi connectivity index (χ4n) is 5.08. The van der Waals surface area contributed by atoms with Crippen molar-refractivity contribution >= 4 is 11.9 Å². The number of hydrogen-bond donors (Lipinski definition) is 0. The zero-order valence-corrected chi connectivity index (χ0v) is 21.8. The number of rotatable bonds is 2. The van der Waals surface area contributed by atoms with Gasteiger partial charge in [-0.3, -0.25) is 0 Å². The second kappa shape index (κ2) is 11.0. The van der Waals surface area contributed by atoms with E-state index in [0.29, 0.717) is 30.4 Å². The van der Waals surface area contributed by atoms with E-state index in [-0.39, 0.29) is 18.2 Å². The van der Waals surface area contributed by atoms with E-state index < -0.39 is 24.0 Å². The Kier molecular flexibility index (Phi) is 7.96. The average Bonchev–Trinajstić information content (AvgIpc) is 3.12. The van der Waals surface area contributed by atoms with Gasteiger partial charge in [-0.05, 0) is 83.2 Å². The minimum atomic E-state index is -0.800. The molecular weight excluding hydrogens is 456 g/mol. The summed E-state index contributed by atoms with van der Waals surface area (Å²) in [5.74, 6) is -1.52. The molecule has 0 amide bonds. The van der Waals surface area contributed by atoms with Gasteiger partial charge < -0.3 is 18.9 Å². The van der Waals surface area contributed by atoms with Crippen LogP contribution in [0, 0.1) is 13.8 Å². The van der Waals surface area contributed by atoms with E-state index >= 15 is 0 Å². The van der Waals surface area contributed by atoms with E-state index in [0.717, 1.165) is 23.1 Å².